The van der Waals surface area contributed by atoms with Crippen LogP contribution in [0, 0.1) is 0 Å². The maximum Gasteiger partial charge on any atom is 0.407 e. The first-order valence-electron chi connectivity index (χ1n) is 13.7. The summed E-state index contributed by atoms with van der Waals surface area (Å²) in [6.07, 6.45) is -1.65. The van der Waals surface area contributed by atoms with Gasteiger partial charge in [0.2, 0.25) is 17.7 Å². The summed E-state index contributed by atoms with van der Waals surface area (Å²) in [6.45, 7) is 5.82. The van der Waals surface area contributed by atoms with Crippen LogP contribution in [0.15, 0.2) is 24.3 Å². The molecule has 3 heterocycles. The van der Waals surface area contributed by atoms with E-state index in [0.29, 0.717) is 32.7 Å². The quantitative estimate of drug-likeness (QED) is 0.569. The van der Waals surface area contributed by atoms with Crippen molar-refractivity contribution in [2.75, 3.05) is 39.4 Å². The number of nitrogens with one attached hydrogen (secondary N) is 1. The Morgan fingerprint density at radius 1 is 1.15 bits per heavy atom. The van der Waals surface area contributed by atoms with Crippen LogP contribution in [0.4, 0.5) is 13.6 Å². The Morgan fingerprint density at radius 2 is 1.82 bits per heavy atom. The third kappa shape index (κ3) is 7.67. The second-order valence-corrected chi connectivity index (χ2v) is 11.6. The molecule has 12 heteroatoms. The molecule has 0 radical (unpaired) electrons. The summed E-state index contributed by atoms with van der Waals surface area (Å²) in [4.78, 5) is 56.7. The van der Waals surface area contributed by atoms with E-state index in [1.165, 1.54) is 4.90 Å². The Labute approximate surface area is 232 Å². The van der Waals surface area contributed by atoms with Gasteiger partial charge in [0.15, 0.2) is 0 Å². The number of nitrogens with zero attached hydrogens (tertiary/aromatic N) is 3. The largest absolute Gasteiger partial charge is 0.444 e. The standard InChI is InChI=1S/C28H38F2N4O6/c1-27(2,3)40-26(38)31-21(17-33-18-28(29,30)9-8-23(33)35)15-24(36)34-16-20-7-5-4-6-19(20)14-22(34)25(37)32-10-12-39-13-11-32/h4-7,21-22H,8-18H2,1-3H3,(H,31,38)/t21-,22-/m0/s1. The molecule has 2 atom stereocenters. The number of rotatable bonds is 6. The van der Waals surface area contributed by atoms with Crippen molar-refractivity contribution in [1.82, 2.24) is 20.0 Å². The maximum atomic E-state index is 14.1. The molecule has 0 bridgehead atoms. The molecule has 2 fully saturated rings. The number of carbonyl (C=O) groups is 4. The SMILES string of the molecule is CC(C)(C)OC(=O)N[C@@H](CC(=O)N1Cc2ccccc2C[C@H]1C(=O)N1CCOCC1)CN1CC(F)(F)CCC1=O. The number of hydrogen-bond donors (Lipinski definition) is 1. The smallest absolute Gasteiger partial charge is 0.407 e. The number of likely N-dealkylation sites (tertiary alicyclic amines) is 1. The van der Waals surface area contributed by atoms with Gasteiger partial charge < -0.3 is 29.5 Å². The van der Waals surface area contributed by atoms with Gasteiger partial charge in [-0.3, -0.25) is 14.4 Å². The molecule has 1 aromatic carbocycles. The molecule has 0 aliphatic carbocycles. The van der Waals surface area contributed by atoms with Gasteiger partial charge in [0, 0.05) is 51.9 Å². The van der Waals surface area contributed by atoms with Crippen molar-refractivity contribution in [2.24, 2.45) is 0 Å². The van der Waals surface area contributed by atoms with E-state index in [4.69, 9.17) is 9.47 Å². The fraction of sp³-hybridized carbons (Fsp3) is 0.643. The predicted octanol–water partition coefficient (Wildman–Crippen LogP) is 2.34. The minimum absolute atomic E-state index is 0.186. The van der Waals surface area contributed by atoms with Gasteiger partial charge in [-0.15, -0.1) is 0 Å². The molecule has 220 valence electrons. The summed E-state index contributed by atoms with van der Waals surface area (Å²) in [6, 6.07) is 5.82. The van der Waals surface area contributed by atoms with Crippen LogP contribution in [0.1, 0.15) is 51.2 Å². The minimum atomic E-state index is -3.05. The molecule has 3 aliphatic rings. The highest BCUT2D eigenvalue weighted by Gasteiger charge is 2.41. The molecule has 4 amide bonds. The molecule has 10 nitrogen and oxygen atoms in total. The topological polar surface area (TPSA) is 108 Å². The van der Waals surface area contributed by atoms with E-state index in [-0.39, 0.29) is 31.8 Å². The number of alkyl carbamates (subject to hydrolysis) is 1. The van der Waals surface area contributed by atoms with Gasteiger partial charge in [-0.2, -0.15) is 0 Å². The monoisotopic (exact) mass is 564 g/mol. The third-order valence-electron chi connectivity index (χ3n) is 7.24. The molecule has 0 saturated carbocycles. The second-order valence-electron chi connectivity index (χ2n) is 11.6. The highest BCUT2D eigenvalue weighted by atomic mass is 19.3. The van der Waals surface area contributed by atoms with E-state index in [1.54, 1.807) is 25.7 Å². The summed E-state index contributed by atoms with van der Waals surface area (Å²) in [7, 11) is 0. The van der Waals surface area contributed by atoms with Crippen molar-refractivity contribution >= 4 is 23.8 Å². The summed E-state index contributed by atoms with van der Waals surface area (Å²) in [5.41, 5.74) is 1.05. The minimum Gasteiger partial charge on any atom is -0.444 e. The number of benzene rings is 1. The van der Waals surface area contributed by atoms with Gasteiger partial charge in [-0.25, -0.2) is 13.6 Å². The molecular formula is C28H38F2N4O6. The first kappa shape index (κ1) is 29.7. The molecule has 1 aromatic rings. The van der Waals surface area contributed by atoms with Gasteiger partial charge in [-0.1, -0.05) is 24.3 Å². The first-order valence-corrected chi connectivity index (χ1v) is 13.7. The Balaban J connectivity index is 1.56. The van der Waals surface area contributed by atoms with Crippen LogP contribution in [0.25, 0.3) is 0 Å². The molecule has 1 N–H and O–H groups in total. The zero-order valence-corrected chi connectivity index (χ0v) is 23.3. The molecule has 40 heavy (non-hydrogen) atoms. The average molecular weight is 565 g/mol. The van der Waals surface area contributed by atoms with Crippen LogP contribution in [0.3, 0.4) is 0 Å². The number of fused-ring (bicyclic) bond motifs is 1. The zero-order chi connectivity index (χ0) is 29.1. The Morgan fingerprint density at radius 3 is 2.50 bits per heavy atom. The Kier molecular flexibility index (Phi) is 8.96. The number of carbonyl (C=O) groups excluding carboxylic acids is 4. The van der Waals surface area contributed by atoms with Crippen LogP contribution < -0.4 is 5.32 Å². The van der Waals surface area contributed by atoms with Gasteiger partial charge in [-0.05, 0) is 31.9 Å². The fourth-order valence-electron chi connectivity index (χ4n) is 5.29. The van der Waals surface area contributed by atoms with E-state index in [2.05, 4.69) is 5.32 Å². The van der Waals surface area contributed by atoms with Gasteiger partial charge >= 0.3 is 6.09 Å². The Bertz CT molecular complexity index is 1120. The van der Waals surface area contributed by atoms with Crippen molar-refractivity contribution in [3.63, 3.8) is 0 Å². The van der Waals surface area contributed by atoms with Gasteiger partial charge in [0.1, 0.15) is 11.6 Å². The van der Waals surface area contributed by atoms with E-state index in [0.717, 1.165) is 16.0 Å². The fourth-order valence-corrected chi connectivity index (χ4v) is 5.29. The maximum absolute atomic E-state index is 14.1. The van der Waals surface area contributed by atoms with Crippen molar-refractivity contribution < 1.29 is 37.4 Å². The third-order valence-corrected chi connectivity index (χ3v) is 7.24. The van der Waals surface area contributed by atoms with Crippen molar-refractivity contribution in [3.05, 3.63) is 35.4 Å². The van der Waals surface area contributed by atoms with Gasteiger partial charge in [0.25, 0.3) is 5.92 Å². The Hall–Kier alpha value is -3.28. The number of hydrogen-bond acceptors (Lipinski definition) is 6. The molecule has 0 spiro atoms. The number of ether oxygens (including phenoxy) is 2. The lowest BCUT2D eigenvalue weighted by molar-refractivity contribution is -0.151. The summed E-state index contributed by atoms with van der Waals surface area (Å²) in [5.74, 6) is -4.14. The van der Waals surface area contributed by atoms with Crippen LogP contribution in [0.2, 0.25) is 0 Å². The number of halogens is 2. The molecule has 0 unspecified atom stereocenters. The van der Waals surface area contributed by atoms with Crippen LogP contribution >= 0.6 is 0 Å². The van der Waals surface area contributed by atoms with E-state index >= 15 is 0 Å². The normalized spacial score (nSPS) is 21.9. The highest BCUT2D eigenvalue weighted by Crippen LogP contribution is 2.29. The van der Waals surface area contributed by atoms with E-state index in [1.807, 2.05) is 24.3 Å². The van der Waals surface area contributed by atoms with Crippen molar-refractivity contribution in [3.8, 4) is 0 Å². The molecule has 2 saturated heterocycles. The first-order chi connectivity index (χ1) is 18.8. The van der Waals surface area contributed by atoms with E-state index < -0.39 is 54.5 Å². The average Bonchev–Trinajstić information content (AvgIpc) is 2.88. The second kappa shape index (κ2) is 12.1. The molecule has 4 rings (SSSR count). The number of alkyl halides is 2. The lowest BCUT2D eigenvalue weighted by atomic mass is 9.92. The summed E-state index contributed by atoms with van der Waals surface area (Å²) < 4.78 is 39.0. The van der Waals surface area contributed by atoms with Crippen molar-refractivity contribution in [2.45, 2.75) is 76.6 Å². The zero-order valence-electron chi connectivity index (χ0n) is 23.3. The lowest BCUT2D eigenvalue weighted by Crippen LogP contribution is -2.57. The number of morpholine rings is 1. The van der Waals surface area contributed by atoms with Crippen LogP contribution in [-0.2, 0) is 36.8 Å². The summed E-state index contributed by atoms with van der Waals surface area (Å²) in [5, 5.41) is 2.61. The predicted molar refractivity (Wildman–Crippen MR) is 140 cm³/mol. The van der Waals surface area contributed by atoms with Crippen LogP contribution in [0.5, 0.6) is 0 Å². The van der Waals surface area contributed by atoms with Gasteiger partial charge in [0.05, 0.1) is 25.8 Å². The lowest BCUT2D eigenvalue weighted by Gasteiger charge is -2.40. The summed E-state index contributed by atoms with van der Waals surface area (Å²) >= 11 is 0. The van der Waals surface area contributed by atoms with Crippen molar-refractivity contribution in [1.29, 1.82) is 0 Å². The van der Waals surface area contributed by atoms with Crippen LogP contribution in [-0.4, -0.2) is 102 Å². The number of piperidine rings is 1. The van der Waals surface area contributed by atoms with E-state index in [9.17, 15) is 28.0 Å². The number of amides is 4. The molecule has 0 aromatic heterocycles. The molecule has 3 aliphatic heterocycles. The highest BCUT2D eigenvalue weighted by molar-refractivity contribution is 5.89. The molecular weight excluding hydrogens is 526 g/mol.